The molecule has 1 fully saturated rings. The first kappa shape index (κ1) is 19.5. The van der Waals surface area contributed by atoms with Gasteiger partial charge in [-0.05, 0) is 43.0 Å². The minimum absolute atomic E-state index is 0.0903. The summed E-state index contributed by atoms with van der Waals surface area (Å²) in [5.74, 6) is -0.372. The van der Waals surface area contributed by atoms with E-state index in [2.05, 4.69) is 10.2 Å². The van der Waals surface area contributed by atoms with Crippen molar-refractivity contribution in [1.82, 2.24) is 10.2 Å². The first-order valence-corrected chi connectivity index (χ1v) is 9.40. The molecule has 1 aliphatic rings. The van der Waals surface area contributed by atoms with Gasteiger partial charge < -0.3 is 15.3 Å². The number of amides is 1. The highest BCUT2D eigenvalue weighted by atomic mass is 19.1. The number of rotatable bonds is 5. The third-order valence-corrected chi connectivity index (χ3v) is 5.41. The number of carbonyl (C=O) groups is 1. The predicted octanol–water partition coefficient (Wildman–Crippen LogP) is 3.29. The summed E-state index contributed by atoms with van der Waals surface area (Å²) in [5.41, 5.74) is 2.53. The van der Waals surface area contributed by atoms with E-state index in [1.54, 1.807) is 12.1 Å². The number of hydrogen-bond acceptors (Lipinski definition) is 3. The third kappa shape index (κ3) is 4.73. The number of piperidine rings is 1. The highest BCUT2D eigenvalue weighted by Crippen LogP contribution is 2.34. The number of nitrogens with one attached hydrogen (secondary N) is 1. The largest absolute Gasteiger partial charge is 0.387 e. The van der Waals surface area contributed by atoms with Gasteiger partial charge in [-0.3, -0.25) is 4.79 Å². The number of aliphatic hydroxyl groups is 1. The van der Waals surface area contributed by atoms with Crippen molar-refractivity contribution < 1.29 is 14.3 Å². The molecule has 1 aliphatic heterocycles. The summed E-state index contributed by atoms with van der Waals surface area (Å²) in [6.07, 6.45) is 0.905. The van der Waals surface area contributed by atoms with Crippen molar-refractivity contribution in [1.29, 1.82) is 0 Å². The Kier molecular flexibility index (Phi) is 5.92. The highest BCUT2D eigenvalue weighted by Gasteiger charge is 2.37. The van der Waals surface area contributed by atoms with Gasteiger partial charge in [-0.25, -0.2) is 4.39 Å². The molecule has 144 valence electrons. The van der Waals surface area contributed by atoms with Crippen LogP contribution in [0.4, 0.5) is 4.39 Å². The Labute approximate surface area is 160 Å². The first-order chi connectivity index (χ1) is 12.9. The molecule has 0 saturated carbocycles. The van der Waals surface area contributed by atoms with Gasteiger partial charge in [0.2, 0.25) is 5.91 Å². The minimum Gasteiger partial charge on any atom is -0.387 e. The molecule has 1 amide bonds. The zero-order valence-electron chi connectivity index (χ0n) is 15.9. The third-order valence-electron chi connectivity index (χ3n) is 5.41. The second-order valence-corrected chi connectivity index (χ2v) is 7.50. The lowest BCUT2D eigenvalue weighted by Gasteiger charge is -2.43. The maximum atomic E-state index is 13.3. The van der Waals surface area contributed by atoms with Crippen LogP contribution in [0.2, 0.25) is 0 Å². The summed E-state index contributed by atoms with van der Waals surface area (Å²) in [7, 11) is 0. The molecule has 0 unspecified atom stereocenters. The first-order valence-electron chi connectivity index (χ1n) is 9.40. The van der Waals surface area contributed by atoms with Crippen LogP contribution in [0, 0.1) is 12.7 Å². The number of aliphatic hydroxyl groups excluding tert-OH is 1. The van der Waals surface area contributed by atoms with E-state index in [1.807, 2.05) is 31.2 Å². The summed E-state index contributed by atoms with van der Waals surface area (Å²) in [6, 6.07) is 14.3. The van der Waals surface area contributed by atoms with Crippen molar-refractivity contribution in [3.05, 3.63) is 71.0 Å². The van der Waals surface area contributed by atoms with Gasteiger partial charge in [-0.15, -0.1) is 0 Å². The quantitative estimate of drug-likeness (QED) is 0.849. The normalized spacial score (nSPS) is 18.1. The van der Waals surface area contributed by atoms with Crippen LogP contribution in [0.1, 0.15) is 42.6 Å². The SMILES string of the molecule is CC(=O)NC1(c2ccc(F)cc2)CCN(C[C@@H](O)c2ccc(C)cc2)CC1. The summed E-state index contributed by atoms with van der Waals surface area (Å²) < 4.78 is 13.3. The molecule has 2 N–H and O–H groups in total. The van der Waals surface area contributed by atoms with Crippen molar-refractivity contribution in [2.24, 2.45) is 0 Å². The van der Waals surface area contributed by atoms with Crippen molar-refractivity contribution in [3.63, 3.8) is 0 Å². The lowest BCUT2D eigenvalue weighted by molar-refractivity contribution is -0.121. The molecular formula is C22H27FN2O2. The van der Waals surface area contributed by atoms with Crippen LogP contribution in [0.25, 0.3) is 0 Å². The Bertz CT molecular complexity index is 766. The fraction of sp³-hybridized carbons (Fsp3) is 0.409. The predicted molar refractivity (Wildman–Crippen MR) is 104 cm³/mol. The molecule has 0 bridgehead atoms. The van der Waals surface area contributed by atoms with E-state index in [1.165, 1.54) is 24.6 Å². The molecule has 4 nitrogen and oxygen atoms in total. The van der Waals surface area contributed by atoms with Gasteiger partial charge in [0.05, 0.1) is 11.6 Å². The van der Waals surface area contributed by atoms with Gasteiger partial charge in [0.15, 0.2) is 0 Å². The molecule has 0 aliphatic carbocycles. The maximum absolute atomic E-state index is 13.3. The van der Waals surface area contributed by atoms with Crippen LogP contribution >= 0.6 is 0 Å². The van der Waals surface area contributed by atoms with E-state index >= 15 is 0 Å². The van der Waals surface area contributed by atoms with Gasteiger partial charge in [0.1, 0.15) is 5.82 Å². The number of carbonyl (C=O) groups excluding carboxylic acids is 1. The van der Waals surface area contributed by atoms with Crippen LogP contribution in [-0.2, 0) is 10.3 Å². The summed E-state index contributed by atoms with van der Waals surface area (Å²) in [4.78, 5) is 14.0. The topological polar surface area (TPSA) is 52.6 Å². The highest BCUT2D eigenvalue weighted by molar-refractivity contribution is 5.74. The molecule has 2 aromatic carbocycles. The van der Waals surface area contributed by atoms with Gasteiger partial charge >= 0.3 is 0 Å². The number of halogens is 1. The van der Waals surface area contributed by atoms with Crippen molar-refractivity contribution >= 4 is 5.91 Å². The lowest BCUT2D eigenvalue weighted by Crippen LogP contribution is -2.53. The number of hydrogen-bond donors (Lipinski definition) is 2. The van der Waals surface area contributed by atoms with Crippen LogP contribution in [0.5, 0.6) is 0 Å². The zero-order valence-corrected chi connectivity index (χ0v) is 15.9. The maximum Gasteiger partial charge on any atom is 0.217 e. The Balaban J connectivity index is 1.67. The summed E-state index contributed by atoms with van der Waals surface area (Å²) in [6.45, 7) is 5.60. The number of nitrogens with zero attached hydrogens (tertiary/aromatic N) is 1. The van der Waals surface area contributed by atoms with Crippen molar-refractivity contribution in [2.75, 3.05) is 19.6 Å². The van der Waals surface area contributed by atoms with E-state index in [0.29, 0.717) is 6.54 Å². The van der Waals surface area contributed by atoms with E-state index < -0.39 is 11.6 Å². The Morgan fingerprint density at radius 3 is 2.30 bits per heavy atom. The number of β-amino-alcohol motifs (C(OH)–C–C–N with tert-alkyl or cyclic N) is 1. The smallest absolute Gasteiger partial charge is 0.217 e. The number of aryl methyl sites for hydroxylation is 1. The summed E-state index contributed by atoms with van der Waals surface area (Å²) in [5, 5.41) is 13.6. The Morgan fingerprint density at radius 1 is 1.15 bits per heavy atom. The lowest BCUT2D eigenvalue weighted by atomic mass is 9.80. The Morgan fingerprint density at radius 2 is 1.74 bits per heavy atom. The van der Waals surface area contributed by atoms with Crippen molar-refractivity contribution in [2.45, 2.75) is 38.3 Å². The fourth-order valence-electron chi connectivity index (χ4n) is 3.85. The van der Waals surface area contributed by atoms with E-state index in [0.717, 1.165) is 37.1 Å². The second kappa shape index (κ2) is 8.19. The molecule has 0 spiro atoms. The molecule has 1 saturated heterocycles. The molecule has 1 heterocycles. The molecule has 2 aromatic rings. The number of likely N-dealkylation sites (tertiary alicyclic amines) is 1. The minimum atomic E-state index is -0.537. The molecule has 3 rings (SSSR count). The molecular weight excluding hydrogens is 343 g/mol. The van der Waals surface area contributed by atoms with Crippen LogP contribution < -0.4 is 5.32 Å². The molecule has 5 heteroatoms. The van der Waals surface area contributed by atoms with Crippen LogP contribution in [-0.4, -0.2) is 35.5 Å². The van der Waals surface area contributed by atoms with Crippen LogP contribution in [0.3, 0.4) is 0 Å². The van der Waals surface area contributed by atoms with Gasteiger partial charge in [-0.2, -0.15) is 0 Å². The molecule has 0 aromatic heterocycles. The van der Waals surface area contributed by atoms with E-state index in [4.69, 9.17) is 0 Å². The monoisotopic (exact) mass is 370 g/mol. The van der Waals surface area contributed by atoms with E-state index in [-0.39, 0.29) is 11.7 Å². The van der Waals surface area contributed by atoms with Gasteiger partial charge in [0.25, 0.3) is 0 Å². The summed E-state index contributed by atoms with van der Waals surface area (Å²) >= 11 is 0. The standard InChI is InChI=1S/C22H27FN2O2/c1-16-3-5-18(6-4-16)21(27)15-25-13-11-22(12-14-25,24-17(2)26)19-7-9-20(23)10-8-19/h3-10,21,27H,11-15H2,1-2H3,(H,24,26)/t21-/m1/s1. The fourth-order valence-corrected chi connectivity index (χ4v) is 3.85. The number of benzene rings is 2. The van der Waals surface area contributed by atoms with Crippen LogP contribution in [0.15, 0.2) is 48.5 Å². The van der Waals surface area contributed by atoms with Gasteiger partial charge in [-0.1, -0.05) is 42.0 Å². The molecule has 0 radical (unpaired) electrons. The zero-order chi connectivity index (χ0) is 19.4. The average molecular weight is 370 g/mol. The van der Waals surface area contributed by atoms with Crippen molar-refractivity contribution in [3.8, 4) is 0 Å². The molecule has 1 atom stereocenters. The second-order valence-electron chi connectivity index (χ2n) is 7.50. The Hall–Kier alpha value is -2.24. The van der Waals surface area contributed by atoms with Gasteiger partial charge in [0, 0.05) is 26.6 Å². The molecule has 27 heavy (non-hydrogen) atoms. The van der Waals surface area contributed by atoms with E-state index in [9.17, 15) is 14.3 Å². The average Bonchev–Trinajstić information content (AvgIpc) is 2.64.